The van der Waals surface area contributed by atoms with E-state index in [1.807, 2.05) is 13.8 Å². The standard InChI is InChI=1S/C23H22ClN3O4S/c1-11-6-8-15(10-16(11)24)26-21(29)19-13(3)18(23(30)31-4)22(32-19)27-20(28)14-7-5-12(2)17(25)9-14/h5-10H,25H2,1-4H3,(H,26,29)(H,27,28). The monoisotopic (exact) mass is 471 g/mol. The molecule has 3 rings (SSSR count). The topological polar surface area (TPSA) is 111 Å². The van der Waals surface area contributed by atoms with Crippen LogP contribution in [0.3, 0.4) is 0 Å². The molecule has 32 heavy (non-hydrogen) atoms. The second-order valence-corrected chi connectivity index (χ2v) is 8.62. The van der Waals surface area contributed by atoms with Gasteiger partial charge in [-0.3, -0.25) is 9.59 Å². The summed E-state index contributed by atoms with van der Waals surface area (Å²) in [6.07, 6.45) is 0. The van der Waals surface area contributed by atoms with Crippen molar-refractivity contribution in [2.75, 3.05) is 23.5 Å². The van der Waals surface area contributed by atoms with E-state index in [9.17, 15) is 14.4 Å². The fourth-order valence-corrected chi connectivity index (χ4v) is 4.25. The van der Waals surface area contributed by atoms with Crippen molar-refractivity contribution in [3.63, 3.8) is 0 Å². The minimum absolute atomic E-state index is 0.123. The Morgan fingerprint density at radius 3 is 2.28 bits per heavy atom. The number of halogens is 1. The van der Waals surface area contributed by atoms with Crippen LogP contribution in [0.4, 0.5) is 16.4 Å². The first kappa shape index (κ1) is 23.3. The molecule has 0 saturated heterocycles. The first-order valence-electron chi connectivity index (χ1n) is 9.59. The molecule has 2 amide bonds. The van der Waals surface area contributed by atoms with Crippen molar-refractivity contribution in [2.45, 2.75) is 20.8 Å². The van der Waals surface area contributed by atoms with Gasteiger partial charge < -0.3 is 21.1 Å². The van der Waals surface area contributed by atoms with Crippen LogP contribution in [-0.2, 0) is 4.74 Å². The highest BCUT2D eigenvalue weighted by Gasteiger charge is 2.27. The average Bonchev–Trinajstić information content (AvgIpc) is 3.08. The van der Waals surface area contributed by atoms with Gasteiger partial charge in [0, 0.05) is 22.0 Å². The molecule has 0 saturated carbocycles. The van der Waals surface area contributed by atoms with E-state index < -0.39 is 17.8 Å². The smallest absolute Gasteiger partial charge is 0.341 e. The molecule has 166 valence electrons. The molecule has 2 aromatic carbocycles. The fraction of sp³-hybridized carbons (Fsp3) is 0.174. The summed E-state index contributed by atoms with van der Waals surface area (Å²) in [5.41, 5.74) is 9.47. The third-order valence-electron chi connectivity index (χ3n) is 4.94. The summed E-state index contributed by atoms with van der Waals surface area (Å²) < 4.78 is 4.87. The van der Waals surface area contributed by atoms with Crippen LogP contribution < -0.4 is 16.4 Å². The molecule has 1 aromatic heterocycles. The molecule has 9 heteroatoms. The summed E-state index contributed by atoms with van der Waals surface area (Å²) in [5.74, 6) is -1.55. The Morgan fingerprint density at radius 1 is 0.969 bits per heavy atom. The van der Waals surface area contributed by atoms with Gasteiger partial charge in [-0.1, -0.05) is 23.7 Å². The van der Waals surface area contributed by atoms with Crippen molar-refractivity contribution in [3.8, 4) is 0 Å². The summed E-state index contributed by atoms with van der Waals surface area (Å²) in [4.78, 5) is 38.4. The van der Waals surface area contributed by atoms with Gasteiger partial charge in [0.2, 0.25) is 0 Å². The van der Waals surface area contributed by atoms with E-state index in [2.05, 4.69) is 10.6 Å². The lowest BCUT2D eigenvalue weighted by Crippen LogP contribution is -2.15. The molecule has 0 spiro atoms. The van der Waals surface area contributed by atoms with Crippen LogP contribution in [-0.4, -0.2) is 24.9 Å². The second kappa shape index (κ2) is 9.42. The van der Waals surface area contributed by atoms with Gasteiger partial charge in [0.15, 0.2) is 0 Å². The Labute approximate surface area is 194 Å². The lowest BCUT2D eigenvalue weighted by molar-refractivity contribution is 0.0601. The highest BCUT2D eigenvalue weighted by Crippen LogP contribution is 2.35. The molecule has 4 N–H and O–H groups in total. The van der Waals surface area contributed by atoms with Gasteiger partial charge in [-0.05, 0) is 61.7 Å². The number of methoxy groups -OCH3 is 1. The number of benzene rings is 2. The van der Waals surface area contributed by atoms with E-state index in [4.69, 9.17) is 22.1 Å². The Kier molecular flexibility index (Phi) is 6.86. The van der Waals surface area contributed by atoms with Crippen molar-refractivity contribution in [1.82, 2.24) is 0 Å². The molecular formula is C23H22ClN3O4S. The van der Waals surface area contributed by atoms with Crippen LogP contribution in [0.1, 0.15) is 47.1 Å². The normalized spacial score (nSPS) is 10.5. The average molecular weight is 472 g/mol. The number of anilines is 3. The van der Waals surface area contributed by atoms with Gasteiger partial charge >= 0.3 is 5.97 Å². The maximum Gasteiger partial charge on any atom is 0.341 e. The largest absolute Gasteiger partial charge is 0.465 e. The lowest BCUT2D eigenvalue weighted by Gasteiger charge is -2.07. The van der Waals surface area contributed by atoms with Crippen LogP contribution in [0.5, 0.6) is 0 Å². The van der Waals surface area contributed by atoms with Crippen LogP contribution >= 0.6 is 22.9 Å². The van der Waals surface area contributed by atoms with E-state index in [1.54, 1.807) is 43.3 Å². The number of esters is 1. The summed E-state index contributed by atoms with van der Waals surface area (Å²) in [7, 11) is 1.24. The number of nitrogens with two attached hydrogens (primary N) is 1. The third-order valence-corrected chi connectivity index (χ3v) is 6.55. The predicted octanol–water partition coefficient (Wildman–Crippen LogP) is 5.20. The summed E-state index contributed by atoms with van der Waals surface area (Å²) in [6, 6.07) is 10.1. The number of thiophene rings is 1. The van der Waals surface area contributed by atoms with Gasteiger partial charge in [-0.15, -0.1) is 11.3 Å². The number of amides is 2. The molecule has 0 radical (unpaired) electrons. The van der Waals surface area contributed by atoms with Gasteiger partial charge in [0.25, 0.3) is 11.8 Å². The van der Waals surface area contributed by atoms with Gasteiger partial charge in [0.05, 0.1) is 17.6 Å². The minimum atomic E-state index is -0.657. The molecule has 0 aliphatic rings. The highest BCUT2D eigenvalue weighted by atomic mass is 35.5. The molecule has 0 unspecified atom stereocenters. The van der Waals surface area contributed by atoms with E-state index in [0.29, 0.717) is 27.5 Å². The number of carbonyl (C=O) groups excluding carboxylic acids is 3. The third kappa shape index (κ3) is 4.76. The first-order valence-corrected chi connectivity index (χ1v) is 10.8. The van der Waals surface area contributed by atoms with Crippen LogP contribution in [0.2, 0.25) is 5.02 Å². The Hall–Kier alpha value is -3.36. The van der Waals surface area contributed by atoms with Crippen molar-refractivity contribution in [1.29, 1.82) is 0 Å². The number of hydrogen-bond acceptors (Lipinski definition) is 6. The number of ether oxygens (including phenoxy) is 1. The van der Waals surface area contributed by atoms with Crippen LogP contribution in [0.25, 0.3) is 0 Å². The lowest BCUT2D eigenvalue weighted by atomic mass is 10.1. The van der Waals surface area contributed by atoms with E-state index in [0.717, 1.165) is 22.5 Å². The molecule has 0 fully saturated rings. The predicted molar refractivity (Wildman–Crippen MR) is 128 cm³/mol. The van der Waals surface area contributed by atoms with E-state index in [-0.39, 0.29) is 15.4 Å². The zero-order valence-electron chi connectivity index (χ0n) is 18.0. The van der Waals surface area contributed by atoms with Crippen molar-refractivity contribution >= 4 is 57.1 Å². The Morgan fingerprint density at radius 2 is 1.66 bits per heavy atom. The molecule has 0 atom stereocenters. The molecule has 0 aliphatic carbocycles. The maximum absolute atomic E-state index is 12.9. The fourth-order valence-electron chi connectivity index (χ4n) is 2.98. The maximum atomic E-state index is 12.9. The number of nitrogens with one attached hydrogen (secondary N) is 2. The molecule has 3 aromatic rings. The van der Waals surface area contributed by atoms with Gasteiger partial charge in [0.1, 0.15) is 5.00 Å². The zero-order chi connectivity index (χ0) is 23.6. The Balaban J connectivity index is 1.94. The minimum Gasteiger partial charge on any atom is -0.465 e. The number of hydrogen-bond donors (Lipinski definition) is 3. The van der Waals surface area contributed by atoms with E-state index in [1.165, 1.54) is 7.11 Å². The van der Waals surface area contributed by atoms with Crippen LogP contribution in [0.15, 0.2) is 36.4 Å². The summed E-state index contributed by atoms with van der Waals surface area (Å²) in [5, 5.41) is 6.21. The van der Waals surface area contributed by atoms with Crippen molar-refractivity contribution < 1.29 is 19.1 Å². The van der Waals surface area contributed by atoms with Gasteiger partial charge in [-0.2, -0.15) is 0 Å². The second-order valence-electron chi connectivity index (χ2n) is 7.20. The van der Waals surface area contributed by atoms with Crippen molar-refractivity contribution in [2.24, 2.45) is 0 Å². The number of rotatable bonds is 5. The summed E-state index contributed by atoms with van der Waals surface area (Å²) >= 11 is 7.12. The van der Waals surface area contributed by atoms with E-state index >= 15 is 0 Å². The quantitative estimate of drug-likeness (QED) is 0.350. The molecule has 0 bridgehead atoms. The highest BCUT2D eigenvalue weighted by molar-refractivity contribution is 7.19. The van der Waals surface area contributed by atoms with Crippen LogP contribution in [0, 0.1) is 20.8 Å². The zero-order valence-corrected chi connectivity index (χ0v) is 19.5. The molecular weight excluding hydrogens is 450 g/mol. The molecule has 0 aliphatic heterocycles. The summed E-state index contributed by atoms with van der Waals surface area (Å²) in [6.45, 7) is 5.32. The molecule has 1 heterocycles. The number of aryl methyl sites for hydroxylation is 2. The number of carbonyl (C=O) groups is 3. The first-order chi connectivity index (χ1) is 15.1. The Bertz CT molecular complexity index is 1240. The van der Waals surface area contributed by atoms with Gasteiger partial charge in [-0.25, -0.2) is 4.79 Å². The molecule has 7 nitrogen and oxygen atoms in total. The number of nitrogen functional groups attached to an aromatic ring is 1. The van der Waals surface area contributed by atoms with Crippen molar-refractivity contribution in [3.05, 3.63) is 74.1 Å². The SMILES string of the molecule is COC(=O)c1c(NC(=O)c2ccc(C)c(N)c2)sc(C(=O)Nc2ccc(C)c(Cl)c2)c1C.